The molecule has 1 heterocycles. The molecule has 0 aromatic heterocycles. The van der Waals surface area contributed by atoms with E-state index in [9.17, 15) is 9.59 Å². The number of carbonyl (C=O) groups is 2. The van der Waals surface area contributed by atoms with Crippen LogP contribution < -0.4 is 4.74 Å². The molecule has 0 spiro atoms. The summed E-state index contributed by atoms with van der Waals surface area (Å²) in [5.74, 6) is 0.496. The quantitative estimate of drug-likeness (QED) is 0.196. The number of carbonyl (C=O) groups excluding carboxylic acids is 2. The van der Waals surface area contributed by atoms with E-state index in [-0.39, 0.29) is 17.7 Å². The molecule has 1 aliphatic heterocycles. The summed E-state index contributed by atoms with van der Waals surface area (Å²) < 4.78 is 7.94. The van der Waals surface area contributed by atoms with Crippen LogP contribution in [-0.4, -0.2) is 16.0 Å². The maximum Gasteiger partial charge on any atom is 0.293 e. The van der Waals surface area contributed by atoms with Gasteiger partial charge in [-0.05, 0) is 105 Å². The second-order valence-electron chi connectivity index (χ2n) is 7.45. The molecular formula is C25H18ClI2NO3S. The molecular weight excluding hydrogens is 684 g/mol. The first-order valence-corrected chi connectivity index (χ1v) is 13.3. The zero-order chi connectivity index (χ0) is 23.5. The number of amides is 2. The summed E-state index contributed by atoms with van der Waals surface area (Å²) >= 11 is 11.6. The van der Waals surface area contributed by atoms with Crippen molar-refractivity contribution in [3.05, 3.63) is 100.0 Å². The average Bonchev–Trinajstić information content (AvgIpc) is 3.03. The van der Waals surface area contributed by atoms with Crippen LogP contribution in [0.5, 0.6) is 5.75 Å². The number of thioether (sulfide) groups is 1. The SMILES string of the molecule is Cc1ccc(COc2c(I)cc(/C=C3\SC(=O)N(Cc4ccccc4Cl)C3=O)cc2I)cc1. The van der Waals surface area contributed by atoms with Crippen LogP contribution in [0.4, 0.5) is 4.79 Å². The van der Waals surface area contributed by atoms with Gasteiger partial charge in [-0.2, -0.15) is 0 Å². The maximum atomic E-state index is 12.9. The van der Waals surface area contributed by atoms with Crippen molar-refractivity contribution in [2.45, 2.75) is 20.1 Å². The van der Waals surface area contributed by atoms with Gasteiger partial charge in [-0.3, -0.25) is 14.5 Å². The van der Waals surface area contributed by atoms with Crippen LogP contribution in [0, 0.1) is 14.1 Å². The zero-order valence-corrected chi connectivity index (χ0v) is 23.4. The van der Waals surface area contributed by atoms with E-state index in [1.807, 2.05) is 30.3 Å². The van der Waals surface area contributed by atoms with Gasteiger partial charge >= 0.3 is 0 Å². The topological polar surface area (TPSA) is 46.6 Å². The molecule has 2 amide bonds. The van der Waals surface area contributed by atoms with E-state index in [0.29, 0.717) is 16.5 Å². The van der Waals surface area contributed by atoms with Crippen molar-refractivity contribution >= 4 is 85.8 Å². The molecule has 4 rings (SSSR count). The predicted molar refractivity (Wildman–Crippen MR) is 150 cm³/mol. The molecule has 4 nitrogen and oxygen atoms in total. The van der Waals surface area contributed by atoms with Crippen LogP contribution in [-0.2, 0) is 17.9 Å². The fourth-order valence-electron chi connectivity index (χ4n) is 3.23. The molecule has 1 saturated heterocycles. The zero-order valence-electron chi connectivity index (χ0n) is 17.5. The minimum Gasteiger partial charge on any atom is -0.487 e. The van der Waals surface area contributed by atoms with Gasteiger partial charge in [0, 0.05) is 5.02 Å². The fraction of sp³-hybridized carbons (Fsp3) is 0.120. The average molecular weight is 702 g/mol. The third kappa shape index (κ3) is 5.93. The number of imide groups is 1. The van der Waals surface area contributed by atoms with Gasteiger partial charge in [-0.1, -0.05) is 59.6 Å². The Labute approximate surface area is 229 Å². The second-order valence-corrected chi connectivity index (χ2v) is 11.2. The van der Waals surface area contributed by atoms with E-state index < -0.39 is 0 Å². The smallest absolute Gasteiger partial charge is 0.293 e. The van der Waals surface area contributed by atoms with E-state index in [1.54, 1.807) is 12.1 Å². The Bertz CT molecular complexity index is 1240. The maximum absolute atomic E-state index is 12.9. The largest absolute Gasteiger partial charge is 0.487 e. The Hall–Kier alpha value is -1.56. The van der Waals surface area contributed by atoms with Crippen molar-refractivity contribution in [3.63, 3.8) is 0 Å². The standard InChI is InChI=1S/C25H18ClI2NO3S/c1-15-6-8-16(9-7-15)14-32-23-20(27)10-17(11-21(23)28)12-22-24(30)29(25(31)33-22)13-18-4-2-3-5-19(18)26/h2-12H,13-14H2,1H3/b22-12-. The number of benzene rings is 3. The minimum atomic E-state index is -0.311. The highest BCUT2D eigenvalue weighted by atomic mass is 127. The molecule has 3 aromatic rings. The van der Waals surface area contributed by atoms with Crippen LogP contribution >= 0.6 is 68.5 Å². The first-order chi connectivity index (χ1) is 15.8. The normalized spacial score (nSPS) is 14.9. The van der Waals surface area contributed by atoms with Crippen molar-refractivity contribution in [2.24, 2.45) is 0 Å². The van der Waals surface area contributed by atoms with Gasteiger partial charge in [0.15, 0.2) is 0 Å². The van der Waals surface area contributed by atoms with Crippen LogP contribution in [0.25, 0.3) is 6.08 Å². The summed E-state index contributed by atoms with van der Waals surface area (Å²) in [7, 11) is 0. The van der Waals surface area contributed by atoms with E-state index >= 15 is 0 Å². The highest BCUT2D eigenvalue weighted by Crippen LogP contribution is 2.36. The number of nitrogens with zero attached hydrogens (tertiary/aromatic N) is 1. The summed E-state index contributed by atoms with van der Waals surface area (Å²) in [4.78, 5) is 27.0. The molecule has 0 bridgehead atoms. The van der Waals surface area contributed by atoms with Crippen molar-refractivity contribution in [1.29, 1.82) is 0 Å². The van der Waals surface area contributed by atoms with Crippen LogP contribution in [0.2, 0.25) is 5.02 Å². The van der Waals surface area contributed by atoms with Gasteiger partial charge in [-0.25, -0.2) is 0 Å². The number of rotatable bonds is 6. The minimum absolute atomic E-state index is 0.155. The number of aryl methyl sites for hydroxylation is 1. The van der Waals surface area contributed by atoms with Gasteiger partial charge in [-0.15, -0.1) is 0 Å². The lowest BCUT2D eigenvalue weighted by atomic mass is 10.1. The van der Waals surface area contributed by atoms with Gasteiger partial charge < -0.3 is 4.74 Å². The van der Waals surface area contributed by atoms with Crippen molar-refractivity contribution in [3.8, 4) is 5.75 Å². The Balaban J connectivity index is 1.50. The van der Waals surface area contributed by atoms with E-state index in [4.69, 9.17) is 16.3 Å². The van der Waals surface area contributed by atoms with Crippen molar-refractivity contribution in [1.82, 2.24) is 4.90 Å². The summed E-state index contributed by atoms with van der Waals surface area (Å²) in [5.41, 5.74) is 3.89. The summed E-state index contributed by atoms with van der Waals surface area (Å²) in [5, 5.41) is 0.236. The molecule has 3 aromatic carbocycles. The van der Waals surface area contributed by atoms with Gasteiger partial charge in [0.2, 0.25) is 0 Å². The monoisotopic (exact) mass is 701 g/mol. The molecule has 1 fully saturated rings. The molecule has 0 atom stereocenters. The Morgan fingerprint density at radius 1 is 1.03 bits per heavy atom. The lowest BCUT2D eigenvalue weighted by Crippen LogP contribution is -2.27. The van der Waals surface area contributed by atoms with E-state index in [0.717, 1.165) is 41.3 Å². The molecule has 1 aliphatic rings. The van der Waals surface area contributed by atoms with E-state index in [2.05, 4.69) is 76.4 Å². The van der Waals surface area contributed by atoms with Gasteiger partial charge in [0.1, 0.15) is 12.4 Å². The lowest BCUT2D eigenvalue weighted by Gasteiger charge is -2.13. The second kappa shape index (κ2) is 10.8. The van der Waals surface area contributed by atoms with Gasteiger partial charge in [0.25, 0.3) is 11.1 Å². The third-order valence-corrected chi connectivity index (χ3v) is 7.86. The molecule has 0 aliphatic carbocycles. The Morgan fingerprint density at radius 2 is 1.70 bits per heavy atom. The molecule has 168 valence electrons. The van der Waals surface area contributed by atoms with Crippen LogP contribution in [0.1, 0.15) is 22.3 Å². The highest BCUT2D eigenvalue weighted by Gasteiger charge is 2.35. The number of hydrogen-bond acceptors (Lipinski definition) is 4. The number of hydrogen-bond donors (Lipinski definition) is 0. The van der Waals surface area contributed by atoms with Crippen LogP contribution in [0.3, 0.4) is 0 Å². The third-order valence-electron chi connectivity index (χ3n) is 4.98. The summed E-state index contributed by atoms with van der Waals surface area (Å²) in [6.07, 6.45) is 1.76. The van der Waals surface area contributed by atoms with Crippen LogP contribution in [0.15, 0.2) is 65.6 Å². The molecule has 0 N–H and O–H groups in total. The molecule has 0 saturated carbocycles. The van der Waals surface area contributed by atoms with E-state index in [1.165, 1.54) is 10.5 Å². The fourth-order valence-corrected chi connectivity index (χ4v) is 6.39. The number of ether oxygens (including phenoxy) is 1. The Kier molecular flexibility index (Phi) is 8.03. The molecule has 0 unspecified atom stereocenters. The van der Waals surface area contributed by atoms with Crippen molar-refractivity contribution in [2.75, 3.05) is 0 Å². The Morgan fingerprint density at radius 3 is 2.36 bits per heavy atom. The molecule has 8 heteroatoms. The first kappa shape index (κ1) is 24.6. The predicted octanol–water partition coefficient (Wildman–Crippen LogP) is 7.67. The van der Waals surface area contributed by atoms with Crippen molar-refractivity contribution < 1.29 is 14.3 Å². The van der Waals surface area contributed by atoms with Gasteiger partial charge in [0.05, 0.1) is 18.6 Å². The first-order valence-electron chi connectivity index (χ1n) is 9.98. The lowest BCUT2D eigenvalue weighted by molar-refractivity contribution is -0.123. The summed E-state index contributed by atoms with van der Waals surface area (Å²) in [6, 6.07) is 19.4. The molecule has 0 radical (unpaired) electrons. The molecule has 33 heavy (non-hydrogen) atoms. The summed E-state index contributed by atoms with van der Waals surface area (Å²) in [6.45, 7) is 2.69. The highest BCUT2D eigenvalue weighted by molar-refractivity contribution is 14.1. The number of halogens is 3.